The van der Waals surface area contributed by atoms with Crippen molar-refractivity contribution in [3.63, 3.8) is 0 Å². The highest BCUT2D eigenvalue weighted by Crippen LogP contribution is 2.28. The second-order valence-corrected chi connectivity index (χ2v) is 8.37. The van der Waals surface area contributed by atoms with Crippen LogP contribution in [0, 0.1) is 12.8 Å². The summed E-state index contributed by atoms with van der Waals surface area (Å²) in [5.41, 5.74) is 1.57. The summed E-state index contributed by atoms with van der Waals surface area (Å²) in [5.74, 6) is -0.685. The second-order valence-electron chi connectivity index (χ2n) is 7.45. The quantitative estimate of drug-likeness (QED) is 0.558. The van der Waals surface area contributed by atoms with Crippen molar-refractivity contribution in [1.29, 1.82) is 0 Å². The van der Waals surface area contributed by atoms with E-state index in [1.165, 1.54) is 11.3 Å². The lowest BCUT2D eigenvalue weighted by Crippen LogP contribution is -2.34. The normalized spacial score (nSPS) is 18.4. The molecule has 1 fully saturated rings. The third-order valence-electron chi connectivity index (χ3n) is 5.09. The molecule has 7 nitrogen and oxygen atoms in total. The van der Waals surface area contributed by atoms with Crippen molar-refractivity contribution < 1.29 is 24.2 Å². The van der Waals surface area contributed by atoms with Gasteiger partial charge in [-0.25, -0.2) is 0 Å². The number of rotatable bonds is 8. The van der Waals surface area contributed by atoms with Crippen molar-refractivity contribution in [3.05, 3.63) is 51.7 Å². The first-order chi connectivity index (χ1) is 14.4. The van der Waals surface area contributed by atoms with Gasteiger partial charge in [-0.2, -0.15) is 0 Å². The van der Waals surface area contributed by atoms with E-state index in [1.807, 2.05) is 18.4 Å². The molecule has 160 valence electrons. The molecule has 2 amide bonds. The molecule has 2 aromatic rings. The molecule has 1 aliphatic rings. The maximum Gasteiger partial charge on any atom is 0.306 e. The Morgan fingerprint density at radius 2 is 1.67 bits per heavy atom. The van der Waals surface area contributed by atoms with E-state index < -0.39 is 5.97 Å². The Labute approximate surface area is 179 Å². The summed E-state index contributed by atoms with van der Waals surface area (Å²) in [5, 5.41) is 16.5. The van der Waals surface area contributed by atoms with Gasteiger partial charge in [0, 0.05) is 18.7 Å². The number of benzene rings is 1. The Morgan fingerprint density at radius 1 is 1.03 bits per heavy atom. The molecular formula is C22H26N2O5S. The number of carboxylic acid groups (broad SMARTS) is 1. The van der Waals surface area contributed by atoms with Gasteiger partial charge >= 0.3 is 5.97 Å². The fourth-order valence-electron chi connectivity index (χ4n) is 3.40. The minimum atomic E-state index is -0.731. The van der Waals surface area contributed by atoms with E-state index in [-0.39, 0.29) is 23.8 Å². The van der Waals surface area contributed by atoms with E-state index >= 15 is 0 Å². The lowest BCUT2D eigenvalue weighted by atomic mass is 9.87. The van der Waals surface area contributed by atoms with Crippen LogP contribution in [0.4, 0.5) is 0 Å². The van der Waals surface area contributed by atoms with Crippen LogP contribution >= 0.6 is 11.3 Å². The largest absolute Gasteiger partial charge is 0.490 e. The Hall–Kier alpha value is -2.87. The number of ether oxygens (including phenoxy) is 1. The van der Waals surface area contributed by atoms with E-state index in [0.29, 0.717) is 42.1 Å². The zero-order valence-corrected chi connectivity index (χ0v) is 17.7. The van der Waals surface area contributed by atoms with E-state index in [2.05, 4.69) is 10.6 Å². The molecule has 3 rings (SSSR count). The number of aryl methyl sites for hydroxylation is 1. The van der Waals surface area contributed by atoms with Crippen molar-refractivity contribution in [3.8, 4) is 5.75 Å². The average molecular weight is 431 g/mol. The van der Waals surface area contributed by atoms with Crippen LogP contribution in [-0.4, -0.2) is 42.1 Å². The molecule has 1 heterocycles. The third kappa shape index (κ3) is 6.06. The zero-order chi connectivity index (χ0) is 21.5. The summed E-state index contributed by atoms with van der Waals surface area (Å²) in [6, 6.07) is 8.72. The van der Waals surface area contributed by atoms with E-state index in [4.69, 9.17) is 9.84 Å². The molecule has 8 heteroatoms. The van der Waals surface area contributed by atoms with Gasteiger partial charge < -0.3 is 20.5 Å². The van der Waals surface area contributed by atoms with Gasteiger partial charge in [0.25, 0.3) is 11.8 Å². The summed E-state index contributed by atoms with van der Waals surface area (Å²) in [6.07, 6.45) is 2.70. The van der Waals surface area contributed by atoms with Crippen molar-refractivity contribution in [2.75, 3.05) is 13.1 Å². The SMILES string of the molecule is Cc1csc(C(=O)NCCNC(=O)c2ccc(OC3CCC(C(=O)O)CC3)cc2)c1. The Kier molecular flexibility index (Phi) is 7.46. The second kappa shape index (κ2) is 10.2. The highest BCUT2D eigenvalue weighted by Gasteiger charge is 2.26. The van der Waals surface area contributed by atoms with Crippen molar-refractivity contribution in [1.82, 2.24) is 10.6 Å². The lowest BCUT2D eigenvalue weighted by Gasteiger charge is -2.26. The maximum absolute atomic E-state index is 12.2. The molecule has 0 bridgehead atoms. The average Bonchev–Trinajstić information content (AvgIpc) is 3.18. The van der Waals surface area contributed by atoms with Gasteiger partial charge in [-0.1, -0.05) is 0 Å². The highest BCUT2D eigenvalue weighted by atomic mass is 32.1. The minimum Gasteiger partial charge on any atom is -0.490 e. The van der Waals surface area contributed by atoms with Crippen LogP contribution in [0.2, 0.25) is 0 Å². The van der Waals surface area contributed by atoms with E-state index in [0.717, 1.165) is 18.4 Å². The van der Waals surface area contributed by atoms with Gasteiger partial charge in [0.15, 0.2) is 0 Å². The highest BCUT2D eigenvalue weighted by molar-refractivity contribution is 7.12. The molecule has 1 aromatic heterocycles. The van der Waals surface area contributed by atoms with Gasteiger partial charge in [-0.05, 0) is 73.9 Å². The van der Waals surface area contributed by atoms with Crippen LogP contribution in [0.3, 0.4) is 0 Å². The summed E-state index contributed by atoms with van der Waals surface area (Å²) < 4.78 is 5.92. The van der Waals surface area contributed by atoms with Crippen LogP contribution in [0.15, 0.2) is 35.7 Å². The smallest absolute Gasteiger partial charge is 0.306 e. The fraction of sp³-hybridized carbons (Fsp3) is 0.409. The maximum atomic E-state index is 12.2. The number of carbonyl (C=O) groups is 3. The molecule has 1 aliphatic carbocycles. The van der Waals surface area contributed by atoms with Crippen LogP contribution < -0.4 is 15.4 Å². The zero-order valence-electron chi connectivity index (χ0n) is 16.8. The Bertz CT molecular complexity index is 885. The van der Waals surface area contributed by atoms with Crippen LogP contribution in [-0.2, 0) is 4.79 Å². The molecule has 0 aliphatic heterocycles. The first-order valence-corrected chi connectivity index (χ1v) is 10.9. The molecule has 1 saturated carbocycles. The number of hydrogen-bond acceptors (Lipinski definition) is 5. The predicted octanol–water partition coefficient (Wildman–Crippen LogP) is 3.24. The first kappa shape index (κ1) is 21.8. The molecule has 0 unspecified atom stereocenters. The molecule has 0 saturated heterocycles. The van der Waals surface area contributed by atoms with Crippen molar-refractivity contribution in [2.45, 2.75) is 38.7 Å². The Morgan fingerprint density at radius 3 is 2.23 bits per heavy atom. The topological polar surface area (TPSA) is 105 Å². The van der Waals surface area contributed by atoms with Crippen LogP contribution in [0.5, 0.6) is 5.75 Å². The third-order valence-corrected chi connectivity index (χ3v) is 6.14. The number of carboxylic acids is 1. The molecule has 0 spiro atoms. The number of aliphatic carboxylic acids is 1. The molecule has 30 heavy (non-hydrogen) atoms. The number of nitrogens with one attached hydrogen (secondary N) is 2. The Balaban J connectivity index is 1.38. The van der Waals surface area contributed by atoms with Crippen molar-refractivity contribution in [2.24, 2.45) is 5.92 Å². The summed E-state index contributed by atoms with van der Waals surface area (Å²) in [6.45, 7) is 2.62. The summed E-state index contributed by atoms with van der Waals surface area (Å²) >= 11 is 1.40. The first-order valence-electron chi connectivity index (χ1n) is 10.0. The molecule has 1 aromatic carbocycles. The van der Waals surface area contributed by atoms with E-state index in [9.17, 15) is 14.4 Å². The summed E-state index contributed by atoms with van der Waals surface area (Å²) in [4.78, 5) is 35.9. The fourth-order valence-corrected chi connectivity index (χ4v) is 4.21. The predicted molar refractivity (Wildman–Crippen MR) is 114 cm³/mol. The standard InChI is InChI=1S/C22H26N2O5S/c1-14-12-19(30-13-14)21(26)24-11-10-23-20(25)15-2-6-17(7-3-15)29-18-8-4-16(5-9-18)22(27)28/h2-3,6-7,12-13,16,18H,4-5,8-11H2,1H3,(H,23,25)(H,24,26)(H,27,28). The lowest BCUT2D eigenvalue weighted by molar-refractivity contribution is -0.143. The molecule has 0 radical (unpaired) electrons. The van der Waals surface area contributed by atoms with Crippen LogP contribution in [0.1, 0.15) is 51.3 Å². The number of amides is 2. The van der Waals surface area contributed by atoms with Crippen molar-refractivity contribution >= 4 is 29.1 Å². The van der Waals surface area contributed by atoms with Gasteiger partial charge in [0.1, 0.15) is 5.75 Å². The number of thiophene rings is 1. The van der Waals surface area contributed by atoms with Gasteiger partial charge in [0.2, 0.25) is 0 Å². The minimum absolute atomic E-state index is 0.0102. The molecular weight excluding hydrogens is 404 g/mol. The number of carbonyl (C=O) groups excluding carboxylic acids is 2. The number of hydrogen-bond donors (Lipinski definition) is 3. The van der Waals surface area contributed by atoms with Gasteiger partial charge in [-0.3, -0.25) is 14.4 Å². The van der Waals surface area contributed by atoms with Crippen LogP contribution in [0.25, 0.3) is 0 Å². The van der Waals surface area contributed by atoms with Gasteiger partial charge in [0.05, 0.1) is 16.9 Å². The molecule has 0 atom stereocenters. The monoisotopic (exact) mass is 430 g/mol. The molecule has 3 N–H and O–H groups in total. The van der Waals surface area contributed by atoms with Gasteiger partial charge in [-0.15, -0.1) is 11.3 Å². The summed E-state index contributed by atoms with van der Waals surface area (Å²) in [7, 11) is 0. The van der Waals surface area contributed by atoms with E-state index in [1.54, 1.807) is 24.3 Å².